The minimum absolute atomic E-state index is 0.119. The highest BCUT2D eigenvalue weighted by atomic mass is 79.9. The Bertz CT molecular complexity index is 449. The van der Waals surface area contributed by atoms with E-state index in [1.807, 2.05) is 20.8 Å². The van der Waals surface area contributed by atoms with Crippen LogP contribution in [0, 0.1) is 20.8 Å². The van der Waals surface area contributed by atoms with Crippen LogP contribution in [-0.2, 0) is 0 Å². The largest absolute Gasteiger partial charge is 0.496 e. The van der Waals surface area contributed by atoms with Gasteiger partial charge in [-0.15, -0.1) is 0 Å². The molecule has 4 nitrogen and oxygen atoms in total. The van der Waals surface area contributed by atoms with E-state index in [1.54, 1.807) is 7.11 Å². The molecule has 5 heteroatoms. The van der Waals surface area contributed by atoms with Crippen LogP contribution in [0.1, 0.15) is 28.3 Å². The number of aliphatic hydroxyl groups excluding tert-OH is 1. The molecule has 1 rings (SSSR count). The van der Waals surface area contributed by atoms with Gasteiger partial charge in [0.1, 0.15) is 5.75 Å². The van der Waals surface area contributed by atoms with Crippen molar-refractivity contribution in [1.29, 1.82) is 0 Å². The van der Waals surface area contributed by atoms with Gasteiger partial charge in [0.2, 0.25) is 0 Å². The Balaban J connectivity index is 3.51. The molecule has 0 radical (unpaired) electrons. The molecular formula is C13H21BrN2O2. The van der Waals surface area contributed by atoms with Crippen LogP contribution in [0.5, 0.6) is 5.75 Å². The molecule has 102 valence electrons. The van der Waals surface area contributed by atoms with E-state index in [0.29, 0.717) is 0 Å². The third kappa shape index (κ3) is 2.54. The quantitative estimate of drug-likeness (QED) is 0.789. The highest BCUT2D eigenvalue weighted by Gasteiger charge is 2.25. The first-order valence-electron chi connectivity index (χ1n) is 5.83. The number of hydrogen-bond donors (Lipinski definition) is 3. The first-order chi connectivity index (χ1) is 8.36. The van der Waals surface area contributed by atoms with Gasteiger partial charge in [0, 0.05) is 16.6 Å². The fraction of sp³-hybridized carbons (Fsp3) is 0.538. The lowest BCUT2D eigenvalue weighted by molar-refractivity contribution is 0.151. The minimum atomic E-state index is -0.786. The first-order valence-corrected chi connectivity index (χ1v) is 6.62. The predicted molar refractivity (Wildman–Crippen MR) is 76.9 cm³/mol. The van der Waals surface area contributed by atoms with Crippen molar-refractivity contribution >= 4 is 15.9 Å². The minimum Gasteiger partial charge on any atom is -0.496 e. The molecule has 2 atom stereocenters. The van der Waals surface area contributed by atoms with E-state index < -0.39 is 12.1 Å². The van der Waals surface area contributed by atoms with Crippen LogP contribution in [0.4, 0.5) is 0 Å². The number of ether oxygens (including phenoxy) is 1. The van der Waals surface area contributed by atoms with Gasteiger partial charge in [-0.05, 0) is 37.5 Å². The Morgan fingerprint density at radius 2 is 1.78 bits per heavy atom. The van der Waals surface area contributed by atoms with E-state index in [9.17, 15) is 5.11 Å². The van der Waals surface area contributed by atoms with E-state index >= 15 is 0 Å². The number of nitrogens with two attached hydrogens (primary N) is 2. The molecule has 0 amide bonds. The Morgan fingerprint density at radius 3 is 2.22 bits per heavy atom. The molecule has 1 aromatic rings. The summed E-state index contributed by atoms with van der Waals surface area (Å²) in [6.07, 6.45) is -0.786. The maximum Gasteiger partial charge on any atom is 0.127 e. The van der Waals surface area contributed by atoms with Gasteiger partial charge in [0.05, 0.1) is 19.3 Å². The van der Waals surface area contributed by atoms with Crippen molar-refractivity contribution in [3.63, 3.8) is 0 Å². The van der Waals surface area contributed by atoms with Gasteiger partial charge in [0.15, 0.2) is 0 Å². The SMILES string of the molecule is COc1c(C)c(C)c(Br)c(C)c1C(N)C(O)CN. The monoisotopic (exact) mass is 316 g/mol. The molecule has 18 heavy (non-hydrogen) atoms. The van der Waals surface area contributed by atoms with Crippen LogP contribution in [0.3, 0.4) is 0 Å². The van der Waals surface area contributed by atoms with Gasteiger partial charge < -0.3 is 21.3 Å². The summed E-state index contributed by atoms with van der Waals surface area (Å²) in [6, 6.07) is -0.555. The van der Waals surface area contributed by atoms with Crippen LogP contribution in [0.15, 0.2) is 4.47 Å². The molecule has 0 aliphatic rings. The van der Waals surface area contributed by atoms with E-state index in [2.05, 4.69) is 15.9 Å². The molecule has 0 aliphatic heterocycles. The molecule has 0 spiro atoms. The molecule has 2 unspecified atom stereocenters. The highest BCUT2D eigenvalue weighted by molar-refractivity contribution is 9.10. The van der Waals surface area contributed by atoms with Crippen LogP contribution in [0.25, 0.3) is 0 Å². The Hall–Kier alpha value is -0.620. The van der Waals surface area contributed by atoms with E-state index in [0.717, 1.165) is 32.5 Å². The van der Waals surface area contributed by atoms with Crippen molar-refractivity contribution in [3.8, 4) is 5.75 Å². The summed E-state index contributed by atoms with van der Waals surface area (Å²) in [4.78, 5) is 0. The molecule has 0 aliphatic carbocycles. The Labute approximate surface area is 116 Å². The highest BCUT2D eigenvalue weighted by Crippen LogP contribution is 2.39. The van der Waals surface area contributed by atoms with Gasteiger partial charge in [-0.2, -0.15) is 0 Å². The zero-order valence-electron chi connectivity index (χ0n) is 11.2. The second-order valence-corrected chi connectivity index (χ2v) is 5.26. The van der Waals surface area contributed by atoms with Crippen molar-refractivity contribution in [3.05, 3.63) is 26.7 Å². The maximum absolute atomic E-state index is 9.85. The smallest absolute Gasteiger partial charge is 0.127 e. The van der Waals surface area contributed by atoms with E-state index in [1.165, 1.54) is 0 Å². The summed E-state index contributed by atoms with van der Waals surface area (Å²) in [7, 11) is 1.61. The third-order valence-electron chi connectivity index (χ3n) is 3.40. The molecule has 0 fully saturated rings. The topological polar surface area (TPSA) is 81.5 Å². The van der Waals surface area contributed by atoms with Gasteiger partial charge in [-0.1, -0.05) is 15.9 Å². The summed E-state index contributed by atoms with van der Waals surface area (Å²) >= 11 is 3.56. The lowest BCUT2D eigenvalue weighted by atomic mass is 9.92. The Morgan fingerprint density at radius 1 is 1.22 bits per heavy atom. The second kappa shape index (κ2) is 6.02. The molecule has 5 N–H and O–H groups in total. The Kier molecular flexibility index (Phi) is 5.16. The number of methoxy groups -OCH3 is 1. The average Bonchev–Trinajstić information content (AvgIpc) is 2.38. The number of rotatable bonds is 4. The summed E-state index contributed by atoms with van der Waals surface area (Å²) in [6.45, 7) is 6.07. The van der Waals surface area contributed by atoms with Crippen LogP contribution < -0.4 is 16.2 Å². The zero-order valence-corrected chi connectivity index (χ0v) is 12.8. The fourth-order valence-electron chi connectivity index (χ4n) is 2.11. The molecule has 0 heterocycles. The molecular weight excluding hydrogens is 296 g/mol. The second-order valence-electron chi connectivity index (χ2n) is 4.46. The lowest BCUT2D eigenvalue weighted by Gasteiger charge is -2.25. The molecule has 0 saturated carbocycles. The van der Waals surface area contributed by atoms with Crippen molar-refractivity contribution in [2.75, 3.05) is 13.7 Å². The summed E-state index contributed by atoms with van der Waals surface area (Å²) in [5.74, 6) is 0.730. The van der Waals surface area contributed by atoms with Crippen molar-refractivity contribution in [2.24, 2.45) is 11.5 Å². The third-order valence-corrected chi connectivity index (χ3v) is 4.59. The summed E-state index contributed by atoms with van der Waals surface area (Å²) in [5, 5.41) is 9.85. The molecule has 1 aromatic carbocycles. The van der Waals surface area contributed by atoms with E-state index in [4.69, 9.17) is 16.2 Å². The summed E-state index contributed by atoms with van der Waals surface area (Å²) in [5.41, 5.74) is 15.5. The molecule has 0 bridgehead atoms. The van der Waals surface area contributed by atoms with Gasteiger partial charge in [-0.25, -0.2) is 0 Å². The van der Waals surface area contributed by atoms with E-state index in [-0.39, 0.29) is 6.54 Å². The van der Waals surface area contributed by atoms with Crippen LogP contribution >= 0.6 is 15.9 Å². The number of halogens is 1. The fourth-order valence-corrected chi connectivity index (χ4v) is 2.62. The van der Waals surface area contributed by atoms with Gasteiger partial charge >= 0.3 is 0 Å². The number of hydrogen-bond acceptors (Lipinski definition) is 4. The molecule has 0 saturated heterocycles. The normalized spacial score (nSPS) is 14.4. The van der Waals surface area contributed by atoms with Crippen molar-refractivity contribution in [2.45, 2.75) is 32.9 Å². The first kappa shape index (κ1) is 15.4. The van der Waals surface area contributed by atoms with Gasteiger partial charge in [-0.3, -0.25) is 0 Å². The van der Waals surface area contributed by atoms with Gasteiger partial charge in [0.25, 0.3) is 0 Å². The van der Waals surface area contributed by atoms with Crippen molar-refractivity contribution in [1.82, 2.24) is 0 Å². The number of aliphatic hydroxyl groups is 1. The van der Waals surface area contributed by atoms with Crippen LogP contribution in [-0.4, -0.2) is 24.9 Å². The maximum atomic E-state index is 9.85. The average molecular weight is 317 g/mol. The summed E-state index contributed by atoms with van der Waals surface area (Å²) < 4.78 is 6.45. The predicted octanol–water partition coefficient (Wildman–Crippen LogP) is 1.70. The molecule has 0 aromatic heterocycles. The standard InChI is InChI=1S/C13H21BrN2O2/c1-6-7(2)13(18-4)10(8(3)11(6)14)12(16)9(17)5-15/h9,12,17H,5,15-16H2,1-4H3. The van der Waals surface area contributed by atoms with Crippen LogP contribution in [0.2, 0.25) is 0 Å². The number of benzene rings is 1. The lowest BCUT2D eigenvalue weighted by Crippen LogP contribution is -2.33. The zero-order chi connectivity index (χ0) is 14.0. The van der Waals surface area contributed by atoms with Crippen molar-refractivity contribution < 1.29 is 9.84 Å².